The standard InChI is InChI=1S/C11H17NOS/c1-11(2,3)12-9-6-5-7-10(8-9)14-13-4/h5-8,12H,1-4H3. The smallest absolute Gasteiger partial charge is 0.0508 e. The van der Waals surface area contributed by atoms with Crippen LogP contribution >= 0.6 is 12.0 Å². The number of benzene rings is 1. The average Bonchev–Trinajstić information content (AvgIpc) is 2.02. The summed E-state index contributed by atoms with van der Waals surface area (Å²) in [5, 5.41) is 3.41. The Labute approximate surface area is 90.3 Å². The Bertz CT molecular complexity index is 294. The van der Waals surface area contributed by atoms with E-state index < -0.39 is 0 Å². The normalized spacial score (nSPS) is 11.4. The SMILES string of the molecule is COSc1cccc(NC(C)(C)C)c1. The van der Waals surface area contributed by atoms with Gasteiger partial charge in [-0.05, 0) is 39.0 Å². The van der Waals surface area contributed by atoms with Crippen molar-refractivity contribution < 1.29 is 4.18 Å². The van der Waals surface area contributed by atoms with E-state index in [1.807, 2.05) is 12.1 Å². The van der Waals surface area contributed by atoms with Crippen molar-refractivity contribution in [3.63, 3.8) is 0 Å². The monoisotopic (exact) mass is 211 g/mol. The summed E-state index contributed by atoms with van der Waals surface area (Å²) in [5.74, 6) is 0. The molecule has 0 amide bonds. The Morgan fingerprint density at radius 3 is 2.57 bits per heavy atom. The van der Waals surface area contributed by atoms with Crippen molar-refractivity contribution in [3.8, 4) is 0 Å². The molecule has 0 unspecified atom stereocenters. The molecule has 2 nitrogen and oxygen atoms in total. The highest BCUT2D eigenvalue weighted by Gasteiger charge is 2.09. The van der Waals surface area contributed by atoms with E-state index in [1.54, 1.807) is 7.11 Å². The largest absolute Gasteiger partial charge is 0.380 e. The lowest BCUT2D eigenvalue weighted by molar-refractivity contribution is 0.490. The average molecular weight is 211 g/mol. The van der Waals surface area contributed by atoms with Crippen LogP contribution in [0, 0.1) is 0 Å². The van der Waals surface area contributed by atoms with Gasteiger partial charge < -0.3 is 9.50 Å². The van der Waals surface area contributed by atoms with Crippen LogP contribution in [-0.4, -0.2) is 12.6 Å². The molecule has 0 aliphatic heterocycles. The van der Waals surface area contributed by atoms with Gasteiger partial charge in [0.1, 0.15) is 0 Å². The third-order valence-electron chi connectivity index (χ3n) is 1.53. The maximum Gasteiger partial charge on any atom is 0.0508 e. The first-order chi connectivity index (χ1) is 6.51. The van der Waals surface area contributed by atoms with Crippen LogP contribution in [-0.2, 0) is 4.18 Å². The Balaban J connectivity index is 2.73. The molecule has 78 valence electrons. The number of hydrogen-bond donors (Lipinski definition) is 1. The maximum absolute atomic E-state index is 5.00. The van der Waals surface area contributed by atoms with Crippen LogP contribution in [0.5, 0.6) is 0 Å². The van der Waals surface area contributed by atoms with Crippen LogP contribution in [0.1, 0.15) is 20.8 Å². The molecule has 0 heterocycles. The summed E-state index contributed by atoms with van der Waals surface area (Å²) in [6.07, 6.45) is 0. The number of anilines is 1. The molecule has 0 fully saturated rings. The van der Waals surface area contributed by atoms with E-state index in [0.29, 0.717) is 0 Å². The van der Waals surface area contributed by atoms with Crippen LogP contribution < -0.4 is 5.32 Å². The molecule has 0 radical (unpaired) electrons. The lowest BCUT2D eigenvalue weighted by atomic mass is 10.1. The van der Waals surface area contributed by atoms with E-state index in [-0.39, 0.29) is 5.54 Å². The van der Waals surface area contributed by atoms with E-state index in [9.17, 15) is 0 Å². The fourth-order valence-corrected chi connectivity index (χ4v) is 1.66. The van der Waals surface area contributed by atoms with Crippen molar-refractivity contribution in [2.45, 2.75) is 31.2 Å². The number of hydrogen-bond acceptors (Lipinski definition) is 3. The first-order valence-electron chi connectivity index (χ1n) is 4.60. The van der Waals surface area contributed by atoms with Crippen molar-refractivity contribution in [3.05, 3.63) is 24.3 Å². The van der Waals surface area contributed by atoms with Crippen molar-refractivity contribution in [1.82, 2.24) is 0 Å². The summed E-state index contributed by atoms with van der Waals surface area (Å²) in [4.78, 5) is 1.11. The van der Waals surface area contributed by atoms with Crippen LogP contribution in [0.25, 0.3) is 0 Å². The zero-order chi connectivity index (χ0) is 10.6. The van der Waals surface area contributed by atoms with Gasteiger partial charge in [0.25, 0.3) is 0 Å². The van der Waals surface area contributed by atoms with Crippen molar-refractivity contribution in [2.24, 2.45) is 0 Å². The molecule has 1 N–H and O–H groups in total. The van der Waals surface area contributed by atoms with E-state index >= 15 is 0 Å². The van der Waals surface area contributed by atoms with Gasteiger partial charge in [-0.2, -0.15) is 0 Å². The zero-order valence-corrected chi connectivity index (χ0v) is 9.94. The number of nitrogens with one attached hydrogen (secondary N) is 1. The summed E-state index contributed by atoms with van der Waals surface area (Å²) in [7, 11) is 1.68. The molecule has 0 aliphatic carbocycles. The Morgan fingerprint density at radius 2 is 2.00 bits per heavy atom. The summed E-state index contributed by atoms with van der Waals surface area (Å²) < 4.78 is 5.00. The molecule has 1 aromatic carbocycles. The van der Waals surface area contributed by atoms with Gasteiger partial charge in [-0.3, -0.25) is 0 Å². The van der Waals surface area contributed by atoms with Gasteiger partial charge in [-0.1, -0.05) is 6.07 Å². The molecule has 0 atom stereocenters. The lowest BCUT2D eigenvalue weighted by Crippen LogP contribution is -2.25. The Morgan fingerprint density at radius 1 is 1.29 bits per heavy atom. The van der Waals surface area contributed by atoms with Gasteiger partial charge in [0.05, 0.1) is 7.11 Å². The van der Waals surface area contributed by atoms with Crippen molar-refractivity contribution >= 4 is 17.7 Å². The van der Waals surface area contributed by atoms with E-state index in [4.69, 9.17) is 4.18 Å². The second kappa shape index (κ2) is 4.71. The van der Waals surface area contributed by atoms with E-state index in [0.717, 1.165) is 10.6 Å². The lowest BCUT2D eigenvalue weighted by Gasteiger charge is -2.22. The third kappa shape index (κ3) is 4.03. The summed E-state index contributed by atoms with van der Waals surface area (Å²) >= 11 is 1.38. The minimum Gasteiger partial charge on any atom is -0.380 e. The zero-order valence-electron chi connectivity index (χ0n) is 9.13. The highest BCUT2D eigenvalue weighted by Crippen LogP contribution is 2.23. The minimum atomic E-state index is 0.0936. The molecule has 0 saturated carbocycles. The fraction of sp³-hybridized carbons (Fsp3) is 0.455. The van der Waals surface area contributed by atoms with Gasteiger partial charge in [0.2, 0.25) is 0 Å². The van der Waals surface area contributed by atoms with E-state index in [1.165, 1.54) is 12.0 Å². The van der Waals surface area contributed by atoms with Gasteiger partial charge in [-0.15, -0.1) is 0 Å². The second-order valence-corrected chi connectivity index (χ2v) is 5.12. The first-order valence-corrected chi connectivity index (χ1v) is 5.34. The van der Waals surface area contributed by atoms with Crippen LogP contribution in [0.4, 0.5) is 5.69 Å². The maximum atomic E-state index is 5.00. The molecule has 1 aromatic rings. The third-order valence-corrected chi connectivity index (χ3v) is 2.15. The molecular weight excluding hydrogens is 194 g/mol. The summed E-state index contributed by atoms with van der Waals surface area (Å²) in [6, 6.07) is 8.20. The Hall–Kier alpha value is -0.670. The van der Waals surface area contributed by atoms with Crippen LogP contribution in [0.3, 0.4) is 0 Å². The molecule has 0 bridgehead atoms. The molecule has 0 spiro atoms. The van der Waals surface area contributed by atoms with Crippen molar-refractivity contribution in [2.75, 3.05) is 12.4 Å². The van der Waals surface area contributed by atoms with Gasteiger partial charge in [0.15, 0.2) is 0 Å². The molecule has 14 heavy (non-hydrogen) atoms. The Kier molecular flexibility index (Phi) is 3.84. The van der Waals surface area contributed by atoms with Crippen LogP contribution in [0.15, 0.2) is 29.2 Å². The van der Waals surface area contributed by atoms with Gasteiger partial charge in [-0.25, -0.2) is 0 Å². The minimum absolute atomic E-state index is 0.0936. The number of rotatable bonds is 3. The second-order valence-electron chi connectivity index (χ2n) is 4.15. The summed E-state index contributed by atoms with van der Waals surface area (Å²) in [5.41, 5.74) is 1.22. The van der Waals surface area contributed by atoms with Crippen molar-refractivity contribution in [1.29, 1.82) is 0 Å². The summed E-state index contributed by atoms with van der Waals surface area (Å²) in [6.45, 7) is 6.43. The van der Waals surface area contributed by atoms with Gasteiger partial charge in [0, 0.05) is 28.2 Å². The molecule has 0 saturated heterocycles. The predicted octanol–water partition coefficient (Wildman–Crippen LogP) is 3.55. The predicted molar refractivity (Wildman–Crippen MR) is 62.7 cm³/mol. The first kappa shape index (κ1) is 11.4. The fourth-order valence-electron chi connectivity index (χ4n) is 1.15. The molecule has 1 rings (SSSR count). The highest BCUT2D eigenvalue weighted by molar-refractivity contribution is 7.94. The molecule has 3 heteroatoms. The highest BCUT2D eigenvalue weighted by atomic mass is 32.2. The molecule has 0 aromatic heterocycles. The van der Waals surface area contributed by atoms with Crippen LogP contribution in [0.2, 0.25) is 0 Å². The quantitative estimate of drug-likeness (QED) is 0.772. The molecule has 0 aliphatic rings. The molecular formula is C11H17NOS. The van der Waals surface area contributed by atoms with E-state index in [2.05, 4.69) is 38.2 Å². The topological polar surface area (TPSA) is 21.3 Å². The van der Waals surface area contributed by atoms with Gasteiger partial charge >= 0.3 is 0 Å².